The van der Waals surface area contributed by atoms with E-state index in [0.717, 1.165) is 79.2 Å². The predicted octanol–water partition coefficient (Wildman–Crippen LogP) is 7.50. The third-order valence-electron chi connectivity index (χ3n) is 12.0. The van der Waals surface area contributed by atoms with Crippen LogP contribution in [0.2, 0.25) is 0 Å². The van der Waals surface area contributed by atoms with Crippen LogP contribution in [0.1, 0.15) is 0 Å². The van der Waals surface area contributed by atoms with E-state index in [1.165, 1.54) is 19.6 Å². The fourth-order valence-electron chi connectivity index (χ4n) is 10.1. The molecule has 0 spiro atoms. The van der Waals surface area contributed by atoms with Gasteiger partial charge in [-0.05, 0) is 0 Å². The van der Waals surface area contributed by atoms with Gasteiger partial charge >= 0.3 is 324 Å². The predicted molar refractivity (Wildman–Crippen MR) is 225 cm³/mol. The average Bonchev–Trinajstić information content (AvgIpc) is 3.61. The van der Waals surface area contributed by atoms with Crippen molar-refractivity contribution in [1.29, 1.82) is 0 Å². The summed E-state index contributed by atoms with van der Waals surface area (Å²) in [6.45, 7) is -0.158. The van der Waals surface area contributed by atoms with Crippen molar-refractivity contribution < 1.29 is 8.78 Å². The summed E-state index contributed by atoms with van der Waals surface area (Å²) in [6.07, 6.45) is 0. The van der Waals surface area contributed by atoms with E-state index in [0.29, 0.717) is 0 Å². The van der Waals surface area contributed by atoms with Crippen molar-refractivity contribution in [2.75, 3.05) is 19.6 Å². The minimum absolute atomic E-state index is 0.0790. The van der Waals surface area contributed by atoms with E-state index in [1.54, 1.807) is 24.3 Å². The van der Waals surface area contributed by atoms with Crippen molar-refractivity contribution in [3.05, 3.63) is 169 Å². The van der Waals surface area contributed by atoms with Gasteiger partial charge in [0.25, 0.3) is 0 Å². The molecule has 0 saturated carbocycles. The standard InChI is InChI=1S/C46H26B2F2N4Se/c49-27-23-37-41-39(25-27)53-35-21-11-12-22-36(35)54-40-26-28(50)24-38-42(40)48(32-18-8-10-20-34(32)52(38)30-15-5-2-6-16-30)46-44(54)43(53)45(55-46)47(41)31-17-7-9-19-33(31)51(37)29-13-3-1-4-14-29/h1-26H. The van der Waals surface area contributed by atoms with E-state index in [-0.39, 0.29) is 39.6 Å². The third kappa shape index (κ3) is 3.77. The molecule has 0 atom stereocenters. The Hall–Kier alpha value is -6.27. The molecule has 0 aliphatic carbocycles. The fraction of sp³-hybridized carbons (Fsp3) is 0. The maximum atomic E-state index is 16.4. The maximum absolute atomic E-state index is 16.4. The monoisotopic (exact) mass is 774 g/mol. The molecule has 0 fully saturated rings. The van der Waals surface area contributed by atoms with E-state index >= 15 is 8.78 Å². The van der Waals surface area contributed by atoms with Crippen molar-refractivity contribution in [2.45, 2.75) is 0 Å². The molecule has 7 aromatic carbocycles. The van der Waals surface area contributed by atoms with Crippen LogP contribution in [-0.4, -0.2) is 27.9 Å². The third-order valence-corrected chi connectivity index (χ3v) is 14.7. The number of hydrogen-bond donors (Lipinski definition) is 0. The van der Waals surface area contributed by atoms with Crippen LogP contribution in [0.4, 0.5) is 77.0 Å². The molecule has 9 heteroatoms. The summed E-state index contributed by atoms with van der Waals surface area (Å²) in [4.78, 5) is 9.13. The number of nitrogens with zero attached hydrogens (tertiary/aromatic N) is 4. The van der Waals surface area contributed by atoms with Crippen molar-refractivity contribution in [2.24, 2.45) is 0 Å². The van der Waals surface area contributed by atoms with Gasteiger partial charge in [-0.3, -0.25) is 0 Å². The molecule has 4 nitrogen and oxygen atoms in total. The summed E-state index contributed by atoms with van der Waals surface area (Å²) < 4.78 is 35.4. The van der Waals surface area contributed by atoms with Gasteiger partial charge in [0.05, 0.1) is 0 Å². The molecule has 0 unspecified atom stereocenters. The SMILES string of the molecule is Fc1cc2c3c(c1)N1c4ccccc4N4c5cc(F)cc6c5B(c5ccccc5N6c5ccccc5)c5[se]c(c1c54)B3c1ccccc1N2c1ccccc1. The van der Waals surface area contributed by atoms with Crippen molar-refractivity contribution in [1.82, 2.24) is 0 Å². The summed E-state index contributed by atoms with van der Waals surface area (Å²) in [5, 5.41) is 0. The molecule has 0 N–H and O–H groups in total. The molecule has 1 aromatic heterocycles. The quantitative estimate of drug-likeness (QED) is 0.169. The van der Waals surface area contributed by atoms with E-state index in [9.17, 15) is 0 Å². The summed E-state index contributed by atoms with van der Waals surface area (Å²) in [7, 11) is 0. The van der Waals surface area contributed by atoms with E-state index in [2.05, 4.69) is 117 Å². The number of benzene rings is 7. The van der Waals surface area contributed by atoms with Gasteiger partial charge in [0.2, 0.25) is 0 Å². The first-order chi connectivity index (χ1) is 27.2. The second kappa shape index (κ2) is 10.7. The van der Waals surface area contributed by atoms with Crippen LogP contribution in [0.5, 0.6) is 0 Å². The Labute approximate surface area is 323 Å². The molecule has 8 aromatic rings. The second-order valence-corrected chi connectivity index (χ2v) is 17.0. The molecule has 0 radical (unpaired) electrons. The van der Waals surface area contributed by atoms with Gasteiger partial charge < -0.3 is 0 Å². The Balaban J connectivity index is 1.16. The van der Waals surface area contributed by atoms with Crippen LogP contribution >= 0.6 is 0 Å². The van der Waals surface area contributed by atoms with Crippen LogP contribution in [-0.2, 0) is 0 Å². The molecule has 0 amide bonds. The molecule has 55 heavy (non-hydrogen) atoms. The summed E-state index contributed by atoms with van der Waals surface area (Å²) in [5.74, 6) is -0.560. The van der Waals surface area contributed by atoms with Gasteiger partial charge in [-0.25, -0.2) is 0 Å². The molecule has 256 valence electrons. The molecular formula is C46H26B2F2N4Se. The normalized spacial score (nSPS) is 14.5. The topological polar surface area (TPSA) is 13.0 Å². The van der Waals surface area contributed by atoms with Crippen LogP contribution < -0.4 is 50.1 Å². The van der Waals surface area contributed by atoms with Gasteiger partial charge in [0, 0.05) is 0 Å². The van der Waals surface area contributed by atoms with Gasteiger partial charge in [0.15, 0.2) is 0 Å². The van der Waals surface area contributed by atoms with Crippen LogP contribution in [0, 0.1) is 11.6 Å². The molecule has 0 saturated heterocycles. The van der Waals surface area contributed by atoms with E-state index in [1.807, 2.05) is 36.4 Å². The Bertz CT molecular complexity index is 2770. The number of halogens is 2. The number of para-hydroxylation sites is 6. The molecule has 5 aliphatic rings. The zero-order valence-electron chi connectivity index (χ0n) is 29.1. The minimum atomic E-state index is -0.280. The van der Waals surface area contributed by atoms with Crippen molar-refractivity contribution >= 4 is 127 Å². The van der Waals surface area contributed by atoms with Crippen LogP contribution in [0.3, 0.4) is 0 Å². The number of hydrogen-bond acceptors (Lipinski definition) is 4. The average molecular weight is 773 g/mol. The van der Waals surface area contributed by atoms with E-state index < -0.39 is 0 Å². The summed E-state index contributed by atoms with van der Waals surface area (Å²) >= 11 is -0.116. The Kier molecular flexibility index (Phi) is 5.85. The van der Waals surface area contributed by atoms with E-state index in [4.69, 9.17) is 0 Å². The van der Waals surface area contributed by atoms with Crippen LogP contribution in [0.25, 0.3) is 0 Å². The first-order valence-electron chi connectivity index (χ1n) is 18.6. The van der Waals surface area contributed by atoms with Crippen molar-refractivity contribution in [3.8, 4) is 0 Å². The van der Waals surface area contributed by atoms with Gasteiger partial charge in [-0.15, -0.1) is 0 Å². The zero-order valence-corrected chi connectivity index (χ0v) is 30.8. The fourth-order valence-corrected chi connectivity index (χ4v) is 13.3. The van der Waals surface area contributed by atoms with Crippen LogP contribution in [0.15, 0.2) is 158 Å². The van der Waals surface area contributed by atoms with Crippen molar-refractivity contribution in [3.63, 3.8) is 0 Å². The summed E-state index contributed by atoms with van der Waals surface area (Å²) in [6, 6.07) is 53.2. The number of rotatable bonds is 2. The number of anilines is 12. The molecule has 0 bridgehead atoms. The van der Waals surface area contributed by atoms with Gasteiger partial charge in [-0.1, -0.05) is 0 Å². The van der Waals surface area contributed by atoms with Gasteiger partial charge in [-0.2, -0.15) is 0 Å². The second-order valence-electron chi connectivity index (χ2n) is 14.7. The first kappa shape index (κ1) is 30.1. The number of fused-ring (bicyclic) bond motifs is 11. The molecule has 6 heterocycles. The summed E-state index contributed by atoms with van der Waals surface area (Å²) in [5.41, 5.74) is 16.4. The Morgan fingerprint density at radius 1 is 0.364 bits per heavy atom. The zero-order chi connectivity index (χ0) is 36.1. The first-order valence-corrected chi connectivity index (χ1v) is 20.3. The Morgan fingerprint density at radius 2 is 0.709 bits per heavy atom. The Morgan fingerprint density at radius 3 is 1.13 bits per heavy atom. The van der Waals surface area contributed by atoms with Gasteiger partial charge in [0.1, 0.15) is 0 Å². The molecular weight excluding hydrogens is 747 g/mol. The molecule has 5 aliphatic heterocycles. The molecule has 13 rings (SSSR count).